The van der Waals surface area contributed by atoms with Gasteiger partial charge in [-0.15, -0.1) is 0 Å². The number of nitriles is 1. The topological polar surface area (TPSA) is 88.8 Å². The number of fused-ring (bicyclic) bond motifs is 1. The van der Waals surface area contributed by atoms with E-state index in [1.165, 1.54) is 0 Å². The van der Waals surface area contributed by atoms with E-state index in [1.54, 1.807) is 11.0 Å². The van der Waals surface area contributed by atoms with Crippen LogP contribution in [0.25, 0.3) is 0 Å². The molecule has 1 atom stereocenters. The predicted octanol–water partition coefficient (Wildman–Crippen LogP) is 4.38. The van der Waals surface area contributed by atoms with E-state index in [9.17, 15) is 14.6 Å². The third-order valence-corrected chi connectivity index (χ3v) is 6.99. The summed E-state index contributed by atoms with van der Waals surface area (Å²) >= 11 is -1.38. The molecule has 2 aliphatic rings. The minimum atomic E-state index is -1.38. The lowest BCUT2D eigenvalue weighted by Crippen LogP contribution is -2.47. The second kappa shape index (κ2) is 7.90. The third-order valence-electron chi connectivity index (χ3n) is 5.59. The number of likely N-dealkylation sites (tertiary alicyclic amines) is 1. The van der Waals surface area contributed by atoms with E-state index >= 15 is 0 Å². The van der Waals surface area contributed by atoms with E-state index in [0.717, 1.165) is 36.1 Å². The second-order valence-electron chi connectivity index (χ2n) is 10.2. The van der Waals surface area contributed by atoms with Gasteiger partial charge in [0, 0.05) is 24.1 Å². The number of rotatable bonds is 1. The van der Waals surface area contributed by atoms with Crippen LogP contribution in [-0.4, -0.2) is 44.7 Å². The Morgan fingerprint density at radius 2 is 1.87 bits per heavy atom. The van der Waals surface area contributed by atoms with Crippen molar-refractivity contribution in [1.29, 1.82) is 5.26 Å². The Kier molecular flexibility index (Phi) is 5.96. The van der Waals surface area contributed by atoms with Gasteiger partial charge in [-0.1, -0.05) is 10.5 Å². The summed E-state index contributed by atoms with van der Waals surface area (Å²) < 4.78 is 22.7. The van der Waals surface area contributed by atoms with Gasteiger partial charge in [0.15, 0.2) is 0 Å². The van der Waals surface area contributed by atoms with Gasteiger partial charge < -0.3 is 14.2 Å². The molecule has 0 radical (unpaired) electrons. The number of ether oxygens (including phenoxy) is 1. The molecule has 1 aromatic rings. The molecule has 7 heteroatoms. The zero-order valence-electron chi connectivity index (χ0n) is 18.7. The molecule has 1 aliphatic carbocycles. The summed E-state index contributed by atoms with van der Waals surface area (Å²) in [4.78, 5) is 14.2. The molecule has 1 fully saturated rings. The Labute approximate surface area is 182 Å². The minimum Gasteiger partial charge on any atom is -0.591 e. The molecule has 162 valence electrons. The molecule has 30 heavy (non-hydrogen) atoms. The second-order valence-corrected chi connectivity index (χ2v) is 12.1. The monoisotopic (exact) mass is 429 g/mol. The van der Waals surface area contributed by atoms with Crippen LogP contribution in [0.3, 0.4) is 0 Å². The zero-order chi connectivity index (χ0) is 22.3. The molecular formula is C23H31N3O3S. The largest absolute Gasteiger partial charge is 0.591 e. The van der Waals surface area contributed by atoms with Crippen molar-refractivity contribution in [2.45, 2.75) is 71.2 Å². The van der Waals surface area contributed by atoms with Gasteiger partial charge >= 0.3 is 6.09 Å². The molecule has 1 aromatic carbocycles. The van der Waals surface area contributed by atoms with E-state index < -0.39 is 21.7 Å². The molecule has 1 unspecified atom stereocenters. The Hall–Kier alpha value is -2.04. The zero-order valence-corrected chi connectivity index (χ0v) is 19.6. The van der Waals surface area contributed by atoms with Gasteiger partial charge in [-0.05, 0) is 78.5 Å². The lowest BCUT2D eigenvalue weighted by molar-refractivity contribution is 0.0159. The van der Waals surface area contributed by atoms with Crippen molar-refractivity contribution in [3.8, 4) is 6.07 Å². The van der Waals surface area contributed by atoms with E-state index in [4.69, 9.17) is 9.13 Å². The Morgan fingerprint density at radius 3 is 2.40 bits per heavy atom. The van der Waals surface area contributed by atoms with Gasteiger partial charge in [0.25, 0.3) is 0 Å². The molecule has 0 bridgehead atoms. The number of carbonyl (C=O) groups excluding carboxylic acids is 1. The fraction of sp³-hybridized carbons (Fsp3) is 0.609. The van der Waals surface area contributed by atoms with Gasteiger partial charge in [-0.3, -0.25) is 0 Å². The molecule has 0 N–H and O–H groups in total. The molecule has 0 aromatic heterocycles. The highest BCUT2D eigenvalue weighted by atomic mass is 32.2. The third kappa shape index (κ3) is 4.65. The first-order chi connectivity index (χ1) is 13.8. The van der Waals surface area contributed by atoms with Crippen LogP contribution in [0, 0.1) is 16.7 Å². The van der Waals surface area contributed by atoms with Crippen molar-refractivity contribution < 1.29 is 14.1 Å². The van der Waals surface area contributed by atoms with Crippen molar-refractivity contribution in [3.05, 3.63) is 34.9 Å². The maximum absolute atomic E-state index is 12.9. The summed E-state index contributed by atoms with van der Waals surface area (Å²) in [5.74, 6) is 0. The minimum absolute atomic E-state index is 0.268. The van der Waals surface area contributed by atoms with Crippen molar-refractivity contribution in [3.63, 3.8) is 0 Å². The average molecular weight is 430 g/mol. The number of hydrogen-bond acceptors (Lipinski definition) is 5. The number of amides is 1. The summed E-state index contributed by atoms with van der Waals surface area (Å²) in [5, 5.41) is 9.29. The maximum atomic E-state index is 12.9. The van der Waals surface area contributed by atoms with Crippen LogP contribution in [0.15, 0.2) is 22.6 Å². The summed E-state index contributed by atoms with van der Waals surface area (Å²) in [6.07, 6.45) is 1.91. The number of hydrogen-bond donors (Lipinski definition) is 0. The summed E-state index contributed by atoms with van der Waals surface area (Å²) in [5.41, 5.74) is 2.74. The number of nitrogens with zero attached hydrogens (tertiary/aromatic N) is 3. The van der Waals surface area contributed by atoms with E-state index in [-0.39, 0.29) is 11.5 Å². The lowest BCUT2D eigenvalue weighted by Gasteiger charge is -2.39. The quantitative estimate of drug-likeness (QED) is 0.620. The standard InChI is InChI=1S/C23H31N3O3S/c1-21(2,3)29-20(27)26-11-9-23(10-12-26)14-17-13-16(15-24)7-8-18(17)19(23)25-30(28)22(4,5)6/h7-8,13H,9-12,14H2,1-6H3. The molecule has 6 nitrogen and oxygen atoms in total. The fourth-order valence-corrected chi connectivity index (χ4v) is 4.73. The molecule has 1 heterocycles. The molecule has 0 saturated carbocycles. The van der Waals surface area contributed by atoms with E-state index in [0.29, 0.717) is 18.7 Å². The van der Waals surface area contributed by atoms with Crippen LogP contribution in [0.2, 0.25) is 0 Å². The smallest absolute Gasteiger partial charge is 0.410 e. The maximum Gasteiger partial charge on any atom is 0.410 e. The first-order valence-electron chi connectivity index (χ1n) is 10.4. The lowest BCUT2D eigenvalue weighted by atomic mass is 9.74. The normalized spacial score (nSPS) is 20.7. The highest BCUT2D eigenvalue weighted by molar-refractivity contribution is 7.91. The summed E-state index contributed by atoms with van der Waals surface area (Å²) in [6.45, 7) is 12.5. The van der Waals surface area contributed by atoms with Crippen LogP contribution in [0.4, 0.5) is 4.79 Å². The van der Waals surface area contributed by atoms with Crippen molar-refractivity contribution in [2.75, 3.05) is 13.1 Å². The Morgan fingerprint density at radius 1 is 1.23 bits per heavy atom. The fourth-order valence-electron chi connectivity index (χ4n) is 4.00. The highest BCUT2D eigenvalue weighted by Gasteiger charge is 2.48. The van der Waals surface area contributed by atoms with Gasteiger partial charge in [0.05, 0.1) is 11.6 Å². The number of piperidine rings is 1. The van der Waals surface area contributed by atoms with Gasteiger partial charge in [-0.25, -0.2) is 4.79 Å². The Bertz CT molecular complexity index is 898. The van der Waals surface area contributed by atoms with E-state index in [2.05, 4.69) is 6.07 Å². The predicted molar refractivity (Wildman–Crippen MR) is 119 cm³/mol. The van der Waals surface area contributed by atoms with Crippen LogP contribution >= 0.6 is 0 Å². The van der Waals surface area contributed by atoms with Crippen molar-refractivity contribution >= 4 is 23.2 Å². The van der Waals surface area contributed by atoms with Gasteiger partial charge in [-0.2, -0.15) is 5.26 Å². The number of carbonyl (C=O) groups is 1. The average Bonchev–Trinajstić information content (AvgIpc) is 2.92. The van der Waals surface area contributed by atoms with Gasteiger partial charge in [0.1, 0.15) is 27.4 Å². The molecule has 1 saturated heterocycles. The SMILES string of the molecule is CC(C)(C)OC(=O)N1CCC2(CC1)Cc1cc(C#N)ccc1C2=N[S+]([O-])C(C)(C)C. The molecule has 1 amide bonds. The molecule has 1 aliphatic heterocycles. The summed E-state index contributed by atoms with van der Waals surface area (Å²) in [7, 11) is 0. The molecule has 1 spiro atoms. The molecule has 3 rings (SSSR count). The Balaban J connectivity index is 1.91. The first-order valence-corrected chi connectivity index (χ1v) is 11.5. The van der Waals surface area contributed by atoms with Crippen LogP contribution in [-0.2, 0) is 22.5 Å². The molecular weight excluding hydrogens is 398 g/mol. The summed E-state index contributed by atoms with van der Waals surface area (Å²) in [6, 6.07) is 7.85. The van der Waals surface area contributed by atoms with Crippen molar-refractivity contribution in [2.24, 2.45) is 9.81 Å². The number of benzene rings is 1. The first kappa shape index (κ1) is 22.6. The van der Waals surface area contributed by atoms with Crippen LogP contribution in [0.1, 0.15) is 71.1 Å². The van der Waals surface area contributed by atoms with Crippen LogP contribution < -0.4 is 0 Å². The van der Waals surface area contributed by atoms with Crippen LogP contribution in [0.5, 0.6) is 0 Å². The highest BCUT2D eigenvalue weighted by Crippen LogP contribution is 2.46. The van der Waals surface area contributed by atoms with E-state index in [1.807, 2.05) is 53.7 Å². The van der Waals surface area contributed by atoms with Crippen molar-refractivity contribution in [1.82, 2.24) is 4.90 Å². The van der Waals surface area contributed by atoms with Gasteiger partial charge in [0.2, 0.25) is 0 Å².